The largest absolute Gasteiger partial charge is 0.376 e. The molecule has 88 valence electrons. The molecule has 2 aliphatic heterocycles. The average Bonchev–Trinajstić information content (AvgIpc) is 2.65. The van der Waals surface area contributed by atoms with Gasteiger partial charge in [-0.3, -0.25) is 0 Å². The van der Waals surface area contributed by atoms with Crippen LogP contribution < -0.4 is 0 Å². The Hall–Kier alpha value is -0.160. The molecule has 0 aromatic carbocycles. The SMILES string of the molecule is CO[C@@H]1CO[C@H]2[C@@H]1OC[C@H]2OC(C)(C)C. The molecule has 0 aromatic heterocycles. The molecule has 0 radical (unpaired) electrons. The van der Waals surface area contributed by atoms with Gasteiger partial charge in [0, 0.05) is 7.11 Å². The Morgan fingerprint density at radius 1 is 1.00 bits per heavy atom. The monoisotopic (exact) mass is 216 g/mol. The summed E-state index contributed by atoms with van der Waals surface area (Å²) in [7, 11) is 1.69. The lowest BCUT2D eigenvalue weighted by Crippen LogP contribution is -2.37. The van der Waals surface area contributed by atoms with Gasteiger partial charge in [-0.2, -0.15) is 0 Å². The molecule has 15 heavy (non-hydrogen) atoms. The van der Waals surface area contributed by atoms with E-state index in [0.29, 0.717) is 13.2 Å². The van der Waals surface area contributed by atoms with E-state index in [1.807, 2.05) is 20.8 Å². The van der Waals surface area contributed by atoms with Gasteiger partial charge in [0.1, 0.15) is 24.4 Å². The number of fused-ring (bicyclic) bond motifs is 1. The number of ether oxygens (including phenoxy) is 4. The Morgan fingerprint density at radius 3 is 2.07 bits per heavy atom. The van der Waals surface area contributed by atoms with Crippen LogP contribution in [0.25, 0.3) is 0 Å². The molecule has 2 fully saturated rings. The summed E-state index contributed by atoms with van der Waals surface area (Å²) in [6.45, 7) is 7.34. The van der Waals surface area contributed by atoms with Crippen molar-refractivity contribution in [1.82, 2.24) is 0 Å². The number of rotatable bonds is 2. The van der Waals surface area contributed by atoms with Crippen molar-refractivity contribution in [3.8, 4) is 0 Å². The molecule has 0 saturated carbocycles. The second-order valence-electron chi connectivity index (χ2n) is 5.14. The van der Waals surface area contributed by atoms with Gasteiger partial charge in [-0.05, 0) is 20.8 Å². The fourth-order valence-corrected chi connectivity index (χ4v) is 2.19. The van der Waals surface area contributed by atoms with Gasteiger partial charge in [-0.25, -0.2) is 0 Å². The molecule has 0 N–H and O–H groups in total. The maximum Gasteiger partial charge on any atom is 0.115 e. The molecule has 2 aliphatic rings. The number of methoxy groups -OCH3 is 1. The molecular weight excluding hydrogens is 196 g/mol. The Morgan fingerprint density at radius 2 is 1.53 bits per heavy atom. The van der Waals surface area contributed by atoms with Crippen LogP contribution in [0.2, 0.25) is 0 Å². The summed E-state index contributed by atoms with van der Waals surface area (Å²) in [5.41, 5.74) is -0.155. The van der Waals surface area contributed by atoms with Gasteiger partial charge >= 0.3 is 0 Å². The first-order valence-electron chi connectivity index (χ1n) is 5.45. The lowest BCUT2D eigenvalue weighted by molar-refractivity contribution is -0.105. The normalized spacial score (nSPS) is 40.8. The predicted octanol–water partition coefficient (Wildman–Crippen LogP) is 0.983. The molecule has 2 saturated heterocycles. The lowest BCUT2D eigenvalue weighted by Gasteiger charge is -2.26. The third kappa shape index (κ3) is 2.33. The second-order valence-corrected chi connectivity index (χ2v) is 5.14. The van der Waals surface area contributed by atoms with Crippen molar-refractivity contribution >= 4 is 0 Å². The lowest BCUT2D eigenvalue weighted by atomic mass is 10.1. The van der Waals surface area contributed by atoms with Crippen molar-refractivity contribution in [2.75, 3.05) is 20.3 Å². The molecule has 2 rings (SSSR count). The summed E-state index contributed by atoms with van der Waals surface area (Å²) >= 11 is 0. The van der Waals surface area contributed by atoms with E-state index in [4.69, 9.17) is 18.9 Å². The quantitative estimate of drug-likeness (QED) is 0.689. The highest BCUT2D eigenvalue weighted by Crippen LogP contribution is 2.31. The summed E-state index contributed by atoms with van der Waals surface area (Å²) in [4.78, 5) is 0. The first-order valence-corrected chi connectivity index (χ1v) is 5.45. The summed E-state index contributed by atoms with van der Waals surface area (Å²) in [5, 5.41) is 0. The Labute approximate surface area is 90.8 Å². The third-order valence-electron chi connectivity index (χ3n) is 2.77. The Balaban J connectivity index is 1.96. The molecule has 0 amide bonds. The van der Waals surface area contributed by atoms with Crippen molar-refractivity contribution < 1.29 is 18.9 Å². The van der Waals surface area contributed by atoms with E-state index in [0.717, 1.165) is 0 Å². The Kier molecular flexibility index (Phi) is 3.03. The predicted molar refractivity (Wildman–Crippen MR) is 54.9 cm³/mol. The Bertz CT molecular complexity index is 223. The van der Waals surface area contributed by atoms with Gasteiger partial charge in [0.25, 0.3) is 0 Å². The minimum atomic E-state index is -0.155. The minimum Gasteiger partial charge on any atom is -0.376 e. The fourth-order valence-electron chi connectivity index (χ4n) is 2.19. The van der Waals surface area contributed by atoms with Gasteiger partial charge in [0.2, 0.25) is 0 Å². The zero-order valence-corrected chi connectivity index (χ0v) is 9.86. The molecular formula is C11H20O4. The van der Waals surface area contributed by atoms with Crippen LogP contribution in [0.3, 0.4) is 0 Å². The van der Waals surface area contributed by atoms with Gasteiger partial charge in [-0.15, -0.1) is 0 Å². The molecule has 0 unspecified atom stereocenters. The highest BCUT2D eigenvalue weighted by atomic mass is 16.6. The average molecular weight is 216 g/mol. The van der Waals surface area contributed by atoms with Crippen molar-refractivity contribution in [2.24, 2.45) is 0 Å². The molecule has 4 heteroatoms. The van der Waals surface area contributed by atoms with Crippen molar-refractivity contribution in [3.63, 3.8) is 0 Å². The van der Waals surface area contributed by atoms with Crippen LogP contribution in [0, 0.1) is 0 Å². The van der Waals surface area contributed by atoms with E-state index < -0.39 is 0 Å². The smallest absolute Gasteiger partial charge is 0.115 e. The molecule has 0 aliphatic carbocycles. The first kappa shape index (κ1) is 11.3. The molecule has 2 heterocycles. The molecule has 0 bridgehead atoms. The maximum atomic E-state index is 5.90. The van der Waals surface area contributed by atoms with Crippen molar-refractivity contribution in [3.05, 3.63) is 0 Å². The second kappa shape index (κ2) is 4.01. The van der Waals surface area contributed by atoms with Crippen molar-refractivity contribution in [2.45, 2.75) is 50.8 Å². The summed E-state index contributed by atoms with van der Waals surface area (Å²) in [5.74, 6) is 0. The zero-order chi connectivity index (χ0) is 11.1. The van der Waals surface area contributed by atoms with Crippen LogP contribution >= 0.6 is 0 Å². The maximum absolute atomic E-state index is 5.90. The van der Waals surface area contributed by atoms with Crippen molar-refractivity contribution in [1.29, 1.82) is 0 Å². The van der Waals surface area contributed by atoms with Crippen LogP contribution in [0.15, 0.2) is 0 Å². The van der Waals surface area contributed by atoms with E-state index in [2.05, 4.69) is 0 Å². The van der Waals surface area contributed by atoms with E-state index in [1.165, 1.54) is 0 Å². The van der Waals surface area contributed by atoms with Gasteiger partial charge in [-0.1, -0.05) is 0 Å². The van der Waals surface area contributed by atoms with E-state index >= 15 is 0 Å². The van der Waals surface area contributed by atoms with Crippen LogP contribution in [0.1, 0.15) is 20.8 Å². The minimum absolute atomic E-state index is 0.0363. The van der Waals surface area contributed by atoms with Crippen LogP contribution in [0.4, 0.5) is 0 Å². The summed E-state index contributed by atoms with van der Waals surface area (Å²) in [6.07, 6.45) is 0.176. The number of hydrogen-bond acceptors (Lipinski definition) is 4. The van der Waals surface area contributed by atoms with E-state index in [-0.39, 0.29) is 30.0 Å². The van der Waals surface area contributed by atoms with Gasteiger partial charge < -0.3 is 18.9 Å². The zero-order valence-electron chi connectivity index (χ0n) is 9.86. The molecule has 0 aromatic rings. The van der Waals surface area contributed by atoms with Gasteiger partial charge in [0.05, 0.1) is 18.8 Å². The van der Waals surface area contributed by atoms with Crippen LogP contribution in [0.5, 0.6) is 0 Å². The fraction of sp³-hybridized carbons (Fsp3) is 1.00. The summed E-state index contributed by atoms with van der Waals surface area (Å²) < 4.78 is 22.5. The number of hydrogen-bond donors (Lipinski definition) is 0. The topological polar surface area (TPSA) is 36.9 Å². The highest BCUT2D eigenvalue weighted by Gasteiger charge is 2.49. The highest BCUT2D eigenvalue weighted by molar-refractivity contribution is 4.96. The molecule has 4 atom stereocenters. The first-order chi connectivity index (χ1) is 7.01. The molecule has 4 nitrogen and oxygen atoms in total. The van der Waals surface area contributed by atoms with Crippen LogP contribution in [-0.4, -0.2) is 50.3 Å². The standard InChI is InChI=1S/C11H20O4/c1-11(2,3)15-8-6-14-9-7(12-4)5-13-10(8)9/h7-10H,5-6H2,1-4H3/t7-,8-,9-,10-/m1/s1. The molecule has 0 spiro atoms. The summed E-state index contributed by atoms with van der Waals surface area (Å²) in [6, 6.07) is 0. The van der Waals surface area contributed by atoms with E-state index in [9.17, 15) is 0 Å². The van der Waals surface area contributed by atoms with E-state index in [1.54, 1.807) is 7.11 Å². The van der Waals surface area contributed by atoms with Crippen LogP contribution in [-0.2, 0) is 18.9 Å². The third-order valence-corrected chi connectivity index (χ3v) is 2.77. The van der Waals surface area contributed by atoms with Gasteiger partial charge in [0.15, 0.2) is 0 Å².